The van der Waals surface area contributed by atoms with Crippen molar-refractivity contribution in [3.63, 3.8) is 0 Å². The van der Waals surface area contributed by atoms with E-state index in [4.69, 9.17) is 9.47 Å². The van der Waals surface area contributed by atoms with Gasteiger partial charge in [0.15, 0.2) is 0 Å². The smallest absolute Gasteiger partial charge is 0.119 e. The second-order valence-electron chi connectivity index (χ2n) is 9.40. The summed E-state index contributed by atoms with van der Waals surface area (Å²) >= 11 is 0. The number of piperidine rings is 2. The van der Waals surface area contributed by atoms with Crippen LogP contribution in [0.4, 0.5) is 0 Å². The van der Waals surface area contributed by atoms with Crippen molar-refractivity contribution in [2.75, 3.05) is 52.5 Å². The lowest BCUT2D eigenvalue weighted by Crippen LogP contribution is -2.45. The molecule has 29 heavy (non-hydrogen) atoms. The fourth-order valence-electron chi connectivity index (χ4n) is 5.29. The molecule has 5 heteroatoms. The van der Waals surface area contributed by atoms with E-state index in [2.05, 4.69) is 34.1 Å². The van der Waals surface area contributed by atoms with Gasteiger partial charge in [0, 0.05) is 32.8 Å². The third kappa shape index (κ3) is 6.17. The summed E-state index contributed by atoms with van der Waals surface area (Å²) in [6.07, 6.45) is 8.50. The van der Waals surface area contributed by atoms with Gasteiger partial charge in [-0.2, -0.15) is 0 Å². The van der Waals surface area contributed by atoms with E-state index < -0.39 is 6.10 Å². The average molecular weight is 403 g/mol. The summed E-state index contributed by atoms with van der Waals surface area (Å²) in [5.41, 5.74) is 1.83. The largest absolute Gasteiger partial charge is 0.491 e. The minimum atomic E-state index is -0.420. The van der Waals surface area contributed by atoms with Crippen LogP contribution in [-0.4, -0.2) is 73.6 Å². The Morgan fingerprint density at radius 1 is 0.931 bits per heavy atom. The number of hydrogen-bond acceptors (Lipinski definition) is 5. The molecule has 0 radical (unpaired) electrons. The third-order valence-electron chi connectivity index (χ3n) is 6.98. The van der Waals surface area contributed by atoms with Gasteiger partial charge in [0.05, 0.1) is 0 Å². The minimum Gasteiger partial charge on any atom is -0.491 e. The summed E-state index contributed by atoms with van der Waals surface area (Å²) in [5.74, 6) is 0.853. The normalized spacial score (nSPS) is 24.4. The van der Waals surface area contributed by atoms with Crippen molar-refractivity contribution >= 4 is 0 Å². The molecule has 1 N–H and O–H groups in total. The Bertz CT molecular complexity index is 604. The Morgan fingerprint density at radius 2 is 1.66 bits per heavy atom. The number of aliphatic hydroxyl groups is 1. The molecule has 0 aromatic heterocycles. The lowest BCUT2D eigenvalue weighted by molar-refractivity contribution is -0.0291. The van der Waals surface area contributed by atoms with Crippen LogP contribution in [0.2, 0.25) is 0 Å². The van der Waals surface area contributed by atoms with Crippen LogP contribution in [0.3, 0.4) is 0 Å². The molecule has 1 aromatic rings. The standard InChI is InChI=1S/C24H38N2O3/c27-22(18-25-12-2-1-3-13-25)19-29-23-7-5-21(6-8-23)17-26-14-4-9-24(20-26)10-15-28-16-11-24/h5-8,22,27H,1-4,9-20H2/t22-/m0/s1. The molecule has 5 nitrogen and oxygen atoms in total. The van der Waals surface area contributed by atoms with Crippen LogP contribution in [0.15, 0.2) is 24.3 Å². The summed E-state index contributed by atoms with van der Waals surface area (Å²) in [4.78, 5) is 4.97. The first kappa shape index (κ1) is 21.1. The van der Waals surface area contributed by atoms with Gasteiger partial charge in [0.25, 0.3) is 0 Å². The highest BCUT2D eigenvalue weighted by molar-refractivity contribution is 5.27. The van der Waals surface area contributed by atoms with Crippen LogP contribution >= 0.6 is 0 Å². The minimum absolute atomic E-state index is 0.368. The number of hydrogen-bond donors (Lipinski definition) is 1. The Morgan fingerprint density at radius 3 is 2.41 bits per heavy atom. The number of rotatable bonds is 7. The Kier molecular flexibility index (Phi) is 7.46. The van der Waals surface area contributed by atoms with Gasteiger partial charge in [-0.1, -0.05) is 18.6 Å². The SMILES string of the molecule is O[C@H](COc1ccc(CN2CCCC3(CCOCC3)C2)cc1)CN1CCCCC1. The molecule has 0 amide bonds. The zero-order valence-electron chi connectivity index (χ0n) is 17.9. The van der Waals surface area contributed by atoms with Crippen molar-refractivity contribution in [2.45, 2.75) is 57.6 Å². The Hall–Kier alpha value is -1.14. The van der Waals surface area contributed by atoms with Crippen LogP contribution in [0.5, 0.6) is 5.75 Å². The molecule has 3 aliphatic rings. The summed E-state index contributed by atoms with van der Waals surface area (Å²) in [6, 6.07) is 8.46. The number of likely N-dealkylation sites (tertiary alicyclic amines) is 2. The number of ether oxygens (including phenoxy) is 2. The van der Waals surface area contributed by atoms with Gasteiger partial charge in [-0.05, 0) is 81.3 Å². The van der Waals surface area contributed by atoms with E-state index in [9.17, 15) is 5.11 Å². The Labute approximate surface area is 176 Å². The molecule has 3 aliphatic heterocycles. The van der Waals surface area contributed by atoms with Crippen LogP contribution in [-0.2, 0) is 11.3 Å². The zero-order chi connectivity index (χ0) is 19.9. The lowest BCUT2D eigenvalue weighted by Gasteiger charge is -2.45. The molecule has 1 atom stereocenters. The highest BCUT2D eigenvalue weighted by atomic mass is 16.5. The molecule has 3 saturated heterocycles. The van der Waals surface area contributed by atoms with Crippen molar-refractivity contribution < 1.29 is 14.6 Å². The first-order valence-corrected chi connectivity index (χ1v) is 11.6. The Balaban J connectivity index is 1.21. The van der Waals surface area contributed by atoms with Gasteiger partial charge >= 0.3 is 0 Å². The van der Waals surface area contributed by atoms with E-state index in [1.807, 2.05) is 0 Å². The molecule has 3 fully saturated rings. The molecule has 162 valence electrons. The fourth-order valence-corrected chi connectivity index (χ4v) is 5.29. The first-order chi connectivity index (χ1) is 14.2. The number of aliphatic hydroxyl groups excluding tert-OH is 1. The lowest BCUT2D eigenvalue weighted by atomic mass is 9.74. The molecule has 1 spiro atoms. The van der Waals surface area contributed by atoms with Gasteiger partial charge in [-0.3, -0.25) is 4.90 Å². The molecule has 0 saturated carbocycles. The number of β-amino-alcohol motifs (C(OH)–C–C–N with tert-alkyl or cyclic N) is 1. The highest BCUT2D eigenvalue weighted by Gasteiger charge is 2.36. The van der Waals surface area contributed by atoms with Gasteiger partial charge in [-0.25, -0.2) is 0 Å². The molecule has 0 unspecified atom stereocenters. The summed E-state index contributed by atoms with van der Waals surface area (Å²) in [6.45, 7) is 8.59. The van der Waals surface area contributed by atoms with Crippen molar-refractivity contribution in [1.82, 2.24) is 9.80 Å². The molecular weight excluding hydrogens is 364 g/mol. The zero-order valence-corrected chi connectivity index (χ0v) is 17.9. The van der Waals surface area contributed by atoms with E-state index in [1.54, 1.807) is 0 Å². The van der Waals surface area contributed by atoms with Crippen LogP contribution < -0.4 is 4.74 Å². The van der Waals surface area contributed by atoms with Crippen molar-refractivity contribution in [3.05, 3.63) is 29.8 Å². The van der Waals surface area contributed by atoms with Gasteiger partial charge in [-0.15, -0.1) is 0 Å². The molecule has 4 rings (SSSR count). The van der Waals surface area contributed by atoms with Gasteiger partial charge < -0.3 is 19.5 Å². The van der Waals surface area contributed by atoms with Crippen LogP contribution in [0, 0.1) is 5.41 Å². The van der Waals surface area contributed by atoms with E-state index in [0.29, 0.717) is 12.0 Å². The second-order valence-corrected chi connectivity index (χ2v) is 9.40. The third-order valence-corrected chi connectivity index (χ3v) is 6.98. The maximum atomic E-state index is 10.3. The maximum absolute atomic E-state index is 10.3. The van der Waals surface area contributed by atoms with Gasteiger partial charge in [0.2, 0.25) is 0 Å². The fraction of sp³-hybridized carbons (Fsp3) is 0.750. The topological polar surface area (TPSA) is 45.2 Å². The highest BCUT2D eigenvalue weighted by Crippen LogP contribution is 2.39. The molecular formula is C24H38N2O3. The predicted octanol–water partition coefficient (Wildman–Crippen LogP) is 3.30. The average Bonchev–Trinajstić information content (AvgIpc) is 2.75. The van der Waals surface area contributed by atoms with Crippen LogP contribution in [0.25, 0.3) is 0 Å². The van der Waals surface area contributed by atoms with Crippen molar-refractivity contribution in [2.24, 2.45) is 5.41 Å². The number of nitrogens with zero attached hydrogens (tertiary/aromatic N) is 2. The predicted molar refractivity (Wildman–Crippen MR) is 115 cm³/mol. The first-order valence-electron chi connectivity index (χ1n) is 11.6. The molecule has 3 heterocycles. The van der Waals surface area contributed by atoms with E-state index in [1.165, 1.54) is 63.6 Å². The van der Waals surface area contributed by atoms with E-state index >= 15 is 0 Å². The summed E-state index contributed by atoms with van der Waals surface area (Å²) < 4.78 is 11.4. The molecule has 0 aliphatic carbocycles. The molecule has 0 bridgehead atoms. The molecule has 1 aromatic carbocycles. The van der Waals surface area contributed by atoms with Crippen molar-refractivity contribution in [3.8, 4) is 5.75 Å². The van der Waals surface area contributed by atoms with E-state index in [0.717, 1.165) is 45.1 Å². The van der Waals surface area contributed by atoms with Gasteiger partial charge in [0.1, 0.15) is 18.5 Å². The van der Waals surface area contributed by atoms with E-state index in [-0.39, 0.29) is 0 Å². The van der Waals surface area contributed by atoms with Crippen LogP contribution in [0.1, 0.15) is 50.5 Å². The second kappa shape index (κ2) is 10.3. The quantitative estimate of drug-likeness (QED) is 0.758. The number of benzene rings is 1. The summed E-state index contributed by atoms with van der Waals surface area (Å²) in [5, 5.41) is 10.3. The van der Waals surface area contributed by atoms with Crippen molar-refractivity contribution in [1.29, 1.82) is 0 Å². The monoisotopic (exact) mass is 402 g/mol. The maximum Gasteiger partial charge on any atom is 0.119 e. The summed E-state index contributed by atoms with van der Waals surface area (Å²) in [7, 11) is 0.